The van der Waals surface area contributed by atoms with Crippen LogP contribution in [0.1, 0.15) is 12.1 Å². The van der Waals surface area contributed by atoms with Crippen LogP contribution >= 0.6 is 0 Å². The van der Waals surface area contributed by atoms with E-state index in [1.54, 1.807) is 0 Å². The number of halogens is 3. The van der Waals surface area contributed by atoms with E-state index in [0.717, 1.165) is 19.0 Å². The quantitative estimate of drug-likeness (QED) is 0.844. The molecule has 2 heterocycles. The lowest BCUT2D eigenvalue weighted by molar-refractivity contribution is -0.141. The molecule has 1 N–H and O–H groups in total. The van der Waals surface area contributed by atoms with E-state index >= 15 is 0 Å². The van der Waals surface area contributed by atoms with E-state index in [9.17, 15) is 13.2 Å². The molecule has 16 heavy (non-hydrogen) atoms. The van der Waals surface area contributed by atoms with E-state index in [1.807, 2.05) is 0 Å². The van der Waals surface area contributed by atoms with Crippen LogP contribution in [0, 0.1) is 0 Å². The number of ether oxygens (including phenoxy) is 1. The summed E-state index contributed by atoms with van der Waals surface area (Å²) < 4.78 is 42.4. The summed E-state index contributed by atoms with van der Waals surface area (Å²) in [5.41, 5.74) is -0.920. The van der Waals surface area contributed by atoms with Crippen LogP contribution in [0.5, 0.6) is 5.88 Å². The molecule has 0 bridgehead atoms. The molecule has 0 aromatic carbocycles. The van der Waals surface area contributed by atoms with Gasteiger partial charge in [0.2, 0.25) is 5.88 Å². The van der Waals surface area contributed by atoms with E-state index in [0.29, 0.717) is 6.54 Å². The predicted molar refractivity (Wildman–Crippen MR) is 51.1 cm³/mol. The van der Waals surface area contributed by atoms with Crippen LogP contribution in [0.2, 0.25) is 0 Å². The molecule has 0 unspecified atom stereocenters. The number of aromatic nitrogens is 1. The number of pyridine rings is 1. The van der Waals surface area contributed by atoms with Crippen molar-refractivity contribution in [2.24, 2.45) is 0 Å². The molecule has 1 atom stereocenters. The van der Waals surface area contributed by atoms with Gasteiger partial charge in [0, 0.05) is 12.6 Å². The monoisotopic (exact) mass is 232 g/mol. The third-order valence-electron chi connectivity index (χ3n) is 2.32. The van der Waals surface area contributed by atoms with Crippen LogP contribution in [-0.2, 0) is 6.18 Å². The average Bonchev–Trinajstić information content (AvgIpc) is 2.70. The summed E-state index contributed by atoms with van der Waals surface area (Å²) >= 11 is 0. The topological polar surface area (TPSA) is 34.1 Å². The smallest absolute Gasteiger partial charge is 0.433 e. The summed E-state index contributed by atoms with van der Waals surface area (Å²) in [5, 5.41) is 3.06. The Morgan fingerprint density at radius 2 is 2.19 bits per heavy atom. The highest BCUT2D eigenvalue weighted by atomic mass is 19.4. The molecule has 0 aliphatic carbocycles. The van der Waals surface area contributed by atoms with Crippen molar-refractivity contribution >= 4 is 0 Å². The molecule has 0 radical (unpaired) electrons. The minimum absolute atomic E-state index is 0.0310. The minimum atomic E-state index is -4.42. The summed E-state index contributed by atoms with van der Waals surface area (Å²) in [6, 6.07) is 3.67. The maximum absolute atomic E-state index is 12.4. The maximum atomic E-state index is 12.4. The van der Waals surface area contributed by atoms with Crippen molar-refractivity contribution in [2.75, 3.05) is 13.1 Å². The van der Waals surface area contributed by atoms with Crippen molar-refractivity contribution in [1.82, 2.24) is 10.3 Å². The van der Waals surface area contributed by atoms with Crippen LogP contribution in [0.15, 0.2) is 18.2 Å². The first-order valence-electron chi connectivity index (χ1n) is 4.97. The fraction of sp³-hybridized carbons (Fsp3) is 0.500. The van der Waals surface area contributed by atoms with Crippen molar-refractivity contribution in [2.45, 2.75) is 18.7 Å². The summed E-state index contributed by atoms with van der Waals surface area (Å²) in [7, 11) is 0. The second-order valence-corrected chi connectivity index (χ2v) is 3.59. The Bertz CT molecular complexity index is 361. The van der Waals surface area contributed by atoms with Gasteiger partial charge in [0.1, 0.15) is 11.8 Å². The van der Waals surface area contributed by atoms with E-state index in [4.69, 9.17) is 4.74 Å². The molecular weight excluding hydrogens is 221 g/mol. The molecule has 3 nitrogen and oxygen atoms in total. The van der Waals surface area contributed by atoms with Gasteiger partial charge in [0.25, 0.3) is 0 Å². The van der Waals surface area contributed by atoms with Crippen LogP contribution in [-0.4, -0.2) is 24.2 Å². The first-order valence-corrected chi connectivity index (χ1v) is 4.97. The zero-order valence-electron chi connectivity index (χ0n) is 8.42. The fourth-order valence-electron chi connectivity index (χ4n) is 1.54. The Morgan fingerprint density at radius 3 is 2.81 bits per heavy atom. The van der Waals surface area contributed by atoms with E-state index < -0.39 is 11.9 Å². The van der Waals surface area contributed by atoms with Crippen LogP contribution in [0.4, 0.5) is 13.2 Å². The van der Waals surface area contributed by atoms with Gasteiger partial charge in [-0.3, -0.25) is 0 Å². The van der Waals surface area contributed by atoms with Crippen molar-refractivity contribution in [3.05, 3.63) is 23.9 Å². The molecule has 0 saturated carbocycles. The number of rotatable bonds is 2. The van der Waals surface area contributed by atoms with E-state index in [-0.39, 0.29) is 12.0 Å². The fourth-order valence-corrected chi connectivity index (χ4v) is 1.54. The van der Waals surface area contributed by atoms with Crippen molar-refractivity contribution < 1.29 is 17.9 Å². The van der Waals surface area contributed by atoms with Crippen LogP contribution < -0.4 is 10.1 Å². The van der Waals surface area contributed by atoms with Gasteiger partial charge in [-0.2, -0.15) is 13.2 Å². The first-order chi connectivity index (χ1) is 7.55. The van der Waals surface area contributed by atoms with Gasteiger partial charge in [-0.15, -0.1) is 0 Å². The predicted octanol–water partition coefficient (Wildman–Crippen LogP) is 1.84. The second-order valence-electron chi connectivity index (χ2n) is 3.59. The third kappa shape index (κ3) is 2.63. The van der Waals surface area contributed by atoms with Crippen molar-refractivity contribution in [1.29, 1.82) is 0 Å². The molecular formula is C10H11F3N2O. The molecule has 1 saturated heterocycles. The summed E-state index contributed by atoms with van der Waals surface area (Å²) in [4.78, 5) is 3.43. The molecule has 0 amide bonds. The molecule has 1 aromatic rings. The molecule has 1 aliphatic heterocycles. The average molecular weight is 232 g/mol. The second kappa shape index (κ2) is 4.29. The highest BCUT2D eigenvalue weighted by molar-refractivity contribution is 5.18. The van der Waals surface area contributed by atoms with Gasteiger partial charge in [0.05, 0.1) is 0 Å². The van der Waals surface area contributed by atoms with Crippen LogP contribution in [0.25, 0.3) is 0 Å². The van der Waals surface area contributed by atoms with Gasteiger partial charge in [0.15, 0.2) is 0 Å². The number of nitrogens with one attached hydrogen (secondary N) is 1. The number of hydrogen-bond acceptors (Lipinski definition) is 3. The van der Waals surface area contributed by atoms with Gasteiger partial charge in [-0.1, -0.05) is 6.07 Å². The van der Waals surface area contributed by atoms with Gasteiger partial charge < -0.3 is 10.1 Å². The van der Waals surface area contributed by atoms with Gasteiger partial charge in [-0.05, 0) is 19.0 Å². The first kappa shape index (κ1) is 11.2. The lowest BCUT2D eigenvalue weighted by atomic mass is 10.3. The molecule has 1 aliphatic rings. The van der Waals surface area contributed by atoms with E-state index in [1.165, 1.54) is 12.1 Å². The Morgan fingerprint density at radius 1 is 1.38 bits per heavy atom. The number of alkyl halides is 3. The molecule has 88 valence electrons. The molecule has 1 fully saturated rings. The zero-order valence-corrected chi connectivity index (χ0v) is 8.42. The van der Waals surface area contributed by atoms with E-state index in [2.05, 4.69) is 10.3 Å². The Hall–Kier alpha value is -1.30. The zero-order chi connectivity index (χ0) is 11.6. The standard InChI is InChI=1S/C10H11F3N2O/c11-10(12,13)8-2-1-3-9(15-8)16-7-4-5-14-6-7/h1-3,7,14H,4-6H2/t7-/m0/s1. The summed E-state index contributed by atoms with van der Waals surface area (Å²) in [6.07, 6.45) is -3.72. The highest BCUT2D eigenvalue weighted by Gasteiger charge is 2.32. The van der Waals surface area contributed by atoms with Gasteiger partial charge in [-0.25, -0.2) is 4.98 Å². The lowest BCUT2D eigenvalue weighted by Gasteiger charge is -2.12. The Balaban J connectivity index is 2.09. The Kier molecular flexibility index (Phi) is 3.00. The highest BCUT2D eigenvalue weighted by Crippen LogP contribution is 2.28. The van der Waals surface area contributed by atoms with Crippen molar-refractivity contribution in [3.63, 3.8) is 0 Å². The normalized spacial score (nSPS) is 21.1. The molecule has 2 rings (SSSR count). The number of nitrogens with zero attached hydrogens (tertiary/aromatic N) is 1. The lowest BCUT2D eigenvalue weighted by Crippen LogP contribution is -2.20. The molecule has 1 aromatic heterocycles. The summed E-state index contributed by atoms with van der Waals surface area (Å²) in [5.74, 6) is 0.0310. The van der Waals surface area contributed by atoms with Crippen molar-refractivity contribution in [3.8, 4) is 5.88 Å². The molecule has 0 spiro atoms. The minimum Gasteiger partial charge on any atom is -0.473 e. The largest absolute Gasteiger partial charge is 0.473 e. The third-order valence-corrected chi connectivity index (χ3v) is 2.32. The Labute approximate surface area is 90.6 Å². The SMILES string of the molecule is FC(F)(F)c1cccc(O[C@H]2CCNC2)n1. The number of hydrogen-bond donors (Lipinski definition) is 1. The van der Waals surface area contributed by atoms with Crippen LogP contribution in [0.3, 0.4) is 0 Å². The maximum Gasteiger partial charge on any atom is 0.433 e. The summed E-state index contributed by atoms with van der Waals surface area (Å²) in [6.45, 7) is 1.47. The molecule has 6 heteroatoms. The van der Waals surface area contributed by atoms with Gasteiger partial charge >= 0.3 is 6.18 Å².